The number of benzene rings is 4. The predicted molar refractivity (Wildman–Crippen MR) is 248 cm³/mol. The van der Waals surface area contributed by atoms with Crippen LogP contribution < -0.4 is 24.8 Å². The molecule has 332 valence electrons. The SMILES string of the molecule is CC(=O)c1ccccc1NS(=O)(=O)c1ccc(CNC(=O)c2cc3cnccc3[nH]2)cc1.COc1cc(Cl)c(C)cc1NS(=O)(=O)c1ccc(CNC(=O)c2cc3cnccc3[nH]2)cc1. The molecule has 4 aromatic heterocycles. The zero-order valence-electron chi connectivity index (χ0n) is 35.0. The molecule has 0 fully saturated rings. The Bertz CT molecular complexity index is 3220. The number of nitrogens with zero attached hydrogens (tertiary/aromatic N) is 2. The number of fused-ring (bicyclic) bond motifs is 2. The van der Waals surface area contributed by atoms with Gasteiger partial charge in [-0.1, -0.05) is 48.0 Å². The lowest BCUT2D eigenvalue weighted by atomic mass is 10.1. The molecule has 8 rings (SSSR count). The molecule has 4 aromatic carbocycles. The minimum absolute atomic E-state index is 0.0500. The van der Waals surface area contributed by atoms with E-state index in [-0.39, 0.29) is 46.2 Å². The van der Waals surface area contributed by atoms with Gasteiger partial charge in [0, 0.05) is 76.3 Å². The van der Waals surface area contributed by atoms with Crippen molar-refractivity contribution in [2.45, 2.75) is 36.7 Å². The Kier molecular flexibility index (Phi) is 13.6. The van der Waals surface area contributed by atoms with E-state index in [0.717, 1.165) is 32.9 Å². The molecule has 6 N–H and O–H groups in total. The average Bonchev–Trinajstić information content (AvgIpc) is 3.94. The summed E-state index contributed by atoms with van der Waals surface area (Å²) >= 11 is 6.09. The summed E-state index contributed by atoms with van der Waals surface area (Å²) in [5, 5.41) is 7.78. The van der Waals surface area contributed by atoms with E-state index in [1.165, 1.54) is 44.4 Å². The molecule has 0 aliphatic carbocycles. The van der Waals surface area contributed by atoms with Crippen LogP contribution in [0.15, 0.2) is 144 Å². The lowest BCUT2D eigenvalue weighted by Crippen LogP contribution is -2.23. The van der Waals surface area contributed by atoms with Gasteiger partial charge in [-0.3, -0.25) is 33.8 Å². The van der Waals surface area contributed by atoms with Crippen LogP contribution in [-0.2, 0) is 33.1 Å². The van der Waals surface area contributed by atoms with Gasteiger partial charge < -0.3 is 25.3 Å². The fourth-order valence-corrected chi connectivity index (χ4v) is 8.81. The van der Waals surface area contributed by atoms with Gasteiger partial charge in [0.15, 0.2) is 5.78 Å². The van der Waals surface area contributed by atoms with E-state index < -0.39 is 20.0 Å². The minimum atomic E-state index is -3.88. The number of hydrogen-bond donors (Lipinski definition) is 6. The third-order valence-electron chi connectivity index (χ3n) is 9.98. The van der Waals surface area contributed by atoms with Gasteiger partial charge in [0.2, 0.25) is 0 Å². The number of rotatable bonds is 14. The Morgan fingerprint density at radius 2 is 1.12 bits per heavy atom. The summed E-state index contributed by atoms with van der Waals surface area (Å²) in [4.78, 5) is 50.8. The Morgan fingerprint density at radius 1 is 0.646 bits per heavy atom. The normalized spacial score (nSPS) is 11.3. The van der Waals surface area contributed by atoms with Gasteiger partial charge >= 0.3 is 0 Å². The number of amides is 2. The standard InChI is InChI=1S/C23H21ClN4O4S.C23H20N4O4S/c1-14-9-20(22(32-2)11-18(14)24)28-33(30,31)17-5-3-15(4-6-17)12-26-23(29)21-10-16-13-25-8-7-19(16)27-21;1-15(28)19-4-2-3-5-21(19)27-32(30,31)18-8-6-16(7-9-18)13-25-23(29)22-12-17-14-24-11-10-20(17)26-22/h3-11,13,27-28H,12H2,1-2H3,(H,26,29);2-12,14,26-27H,13H2,1H3,(H,25,29). The summed E-state index contributed by atoms with van der Waals surface area (Å²) in [6.45, 7) is 3.62. The number of hydrogen-bond acceptors (Lipinski definition) is 10. The monoisotopic (exact) mass is 932 g/mol. The van der Waals surface area contributed by atoms with E-state index >= 15 is 0 Å². The number of anilines is 2. The van der Waals surface area contributed by atoms with Crippen LogP contribution in [0.2, 0.25) is 5.02 Å². The molecular weight excluding hydrogens is 892 g/mol. The van der Waals surface area contributed by atoms with Crippen LogP contribution in [0.1, 0.15) is 54.9 Å². The van der Waals surface area contributed by atoms with Crippen LogP contribution in [0.25, 0.3) is 21.8 Å². The summed E-state index contributed by atoms with van der Waals surface area (Å²) < 4.78 is 61.3. The molecule has 4 heterocycles. The van der Waals surface area contributed by atoms with Crippen LogP contribution in [0, 0.1) is 6.92 Å². The summed E-state index contributed by atoms with van der Waals surface area (Å²) in [6, 6.07) is 29.0. The number of methoxy groups -OCH3 is 1. The number of ether oxygens (including phenoxy) is 1. The molecular formula is C46H41ClN8O8S2. The number of H-pyrrole nitrogens is 2. The smallest absolute Gasteiger partial charge is 0.267 e. The van der Waals surface area contributed by atoms with Gasteiger partial charge in [0.25, 0.3) is 31.9 Å². The highest BCUT2D eigenvalue weighted by molar-refractivity contribution is 7.93. The summed E-state index contributed by atoms with van der Waals surface area (Å²) in [5.74, 6) is -0.461. The van der Waals surface area contributed by atoms with Crippen molar-refractivity contribution < 1.29 is 36.0 Å². The first-order valence-corrected chi connectivity index (χ1v) is 23.0. The molecule has 0 saturated carbocycles. The quantitative estimate of drug-likeness (QED) is 0.0580. The number of Topliss-reactive ketones (excluding diaryl/α,β-unsaturated/α-hetero) is 1. The lowest BCUT2D eigenvalue weighted by Gasteiger charge is -2.14. The van der Waals surface area contributed by atoms with E-state index in [1.807, 2.05) is 0 Å². The van der Waals surface area contributed by atoms with Crippen LogP contribution in [-0.4, -0.2) is 61.5 Å². The second-order valence-corrected chi connectivity index (χ2v) is 18.3. The number of sulfonamides is 2. The molecule has 16 nitrogen and oxygen atoms in total. The topological polar surface area (TPSA) is 234 Å². The third kappa shape index (κ3) is 11.0. The van der Waals surface area contributed by atoms with Crippen molar-refractivity contribution in [2.24, 2.45) is 0 Å². The fourth-order valence-electron chi connectivity index (χ4n) is 6.52. The minimum Gasteiger partial charge on any atom is -0.495 e. The van der Waals surface area contributed by atoms with Crippen molar-refractivity contribution in [1.82, 2.24) is 30.6 Å². The van der Waals surface area contributed by atoms with E-state index in [0.29, 0.717) is 39.0 Å². The number of nitrogens with one attached hydrogen (secondary N) is 6. The first-order chi connectivity index (χ1) is 31.1. The molecule has 0 aliphatic rings. The van der Waals surface area contributed by atoms with Crippen molar-refractivity contribution in [2.75, 3.05) is 16.6 Å². The maximum absolute atomic E-state index is 12.8. The highest BCUT2D eigenvalue weighted by Crippen LogP contribution is 2.32. The van der Waals surface area contributed by atoms with E-state index in [2.05, 4.69) is 40.0 Å². The van der Waals surface area contributed by atoms with E-state index in [1.54, 1.807) is 111 Å². The number of aromatic nitrogens is 4. The molecule has 0 radical (unpaired) electrons. The number of pyridine rings is 2. The Labute approximate surface area is 378 Å². The first kappa shape index (κ1) is 45.5. The number of aryl methyl sites for hydroxylation is 1. The van der Waals surface area contributed by atoms with Crippen LogP contribution in [0.5, 0.6) is 5.75 Å². The molecule has 19 heteroatoms. The van der Waals surface area contributed by atoms with E-state index in [4.69, 9.17) is 16.3 Å². The largest absolute Gasteiger partial charge is 0.495 e. The van der Waals surface area contributed by atoms with Crippen molar-refractivity contribution in [3.05, 3.63) is 173 Å². The predicted octanol–water partition coefficient (Wildman–Crippen LogP) is 7.76. The molecule has 2 amide bonds. The number of ketones is 1. The average molecular weight is 933 g/mol. The molecule has 65 heavy (non-hydrogen) atoms. The number of aromatic amines is 2. The van der Waals surface area contributed by atoms with Gasteiger partial charge in [-0.15, -0.1) is 0 Å². The summed E-state index contributed by atoms with van der Waals surface area (Å²) in [5.41, 5.74) is 5.50. The second kappa shape index (κ2) is 19.5. The van der Waals surface area contributed by atoms with Crippen LogP contribution >= 0.6 is 11.6 Å². The molecule has 0 saturated heterocycles. The number of carbonyl (C=O) groups is 3. The molecule has 0 bridgehead atoms. The van der Waals surface area contributed by atoms with Crippen molar-refractivity contribution >= 4 is 82.4 Å². The van der Waals surface area contributed by atoms with Gasteiger partial charge in [-0.25, -0.2) is 16.8 Å². The van der Waals surface area contributed by atoms with Gasteiger partial charge in [-0.05, 0) is 97.3 Å². The summed E-state index contributed by atoms with van der Waals surface area (Å²) in [7, 11) is -6.29. The Morgan fingerprint density at radius 3 is 1.58 bits per heavy atom. The molecule has 0 unspecified atom stereocenters. The van der Waals surface area contributed by atoms with Gasteiger partial charge in [-0.2, -0.15) is 0 Å². The maximum atomic E-state index is 12.8. The molecule has 0 aliphatic heterocycles. The van der Waals surface area contributed by atoms with Gasteiger partial charge in [0.05, 0.1) is 28.3 Å². The Hall–Kier alpha value is -7.54. The lowest BCUT2D eigenvalue weighted by molar-refractivity contribution is 0.0939. The maximum Gasteiger partial charge on any atom is 0.267 e. The zero-order valence-corrected chi connectivity index (χ0v) is 37.4. The van der Waals surface area contributed by atoms with Crippen molar-refractivity contribution in [3.8, 4) is 5.75 Å². The summed E-state index contributed by atoms with van der Waals surface area (Å²) in [6.07, 6.45) is 6.64. The molecule has 0 spiro atoms. The number of carbonyl (C=O) groups excluding carboxylic acids is 3. The van der Waals surface area contributed by atoms with E-state index in [9.17, 15) is 31.2 Å². The van der Waals surface area contributed by atoms with Gasteiger partial charge in [0.1, 0.15) is 17.1 Å². The highest BCUT2D eigenvalue weighted by atomic mass is 35.5. The van der Waals surface area contributed by atoms with Crippen molar-refractivity contribution in [3.63, 3.8) is 0 Å². The fraction of sp³-hybridized carbons (Fsp3) is 0.109. The van der Waals surface area contributed by atoms with Crippen LogP contribution in [0.3, 0.4) is 0 Å². The first-order valence-electron chi connectivity index (χ1n) is 19.7. The second-order valence-electron chi connectivity index (χ2n) is 14.6. The zero-order chi connectivity index (χ0) is 46.3. The number of halogens is 1. The molecule has 0 atom stereocenters. The van der Waals surface area contributed by atoms with Crippen LogP contribution in [0.4, 0.5) is 11.4 Å². The molecule has 8 aromatic rings. The van der Waals surface area contributed by atoms with Crippen molar-refractivity contribution in [1.29, 1.82) is 0 Å². The Balaban J connectivity index is 0.000000194. The highest BCUT2D eigenvalue weighted by Gasteiger charge is 2.20. The third-order valence-corrected chi connectivity index (χ3v) is 13.2. The number of para-hydroxylation sites is 1.